The molecule has 0 saturated carbocycles. The normalized spacial score (nSPS) is 10.8. The molecule has 4 aromatic rings. The molecule has 9 heteroatoms. The minimum Gasteiger partial charge on any atom is -0.462 e. The Bertz CT molecular complexity index is 1210. The summed E-state index contributed by atoms with van der Waals surface area (Å²) in [4.78, 5) is 30.8. The van der Waals surface area contributed by atoms with Gasteiger partial charge in [-0.2, -0.15) is 0 Å². The van der Waals surface area contributed by atoms with Gasteiger partial charge < -0.3 is 10.1 Å². The van der Waals surface area contributed by atoms with Gasteiger partial charge in [-0.1, -0.05) is 47.7 Å². The van der Waals surface area contributed by atoms with Crippen LogP contribution in [0.15, 0.2) is 56.9 Å². The molecule has 5 nitrogen and oxygen atoms in total. The summed E-state index contributed by atoms with van der Waals surface area (Å²) in [7, 11) is 0. The number of carbonyl (C=O) groups is 2. The molecular weight excluding hydrogens is 481 g/mol. The summed E-state index contributed by atoms with van der Waals surface area (Å²) < 4.78 is 6.06. The minimum atomic E-state index is -0.428. The Morgan fingerprint density at radius 1 is 1.09 bits per heavy atom. The Hall–Kier alpha value is -2.46. The number of benzene rings is 1. The lowest BCUT2D eigenvalue weighted by molar-refractivity contribution is -0.113. The molecule has 164 valence electrons. The third kappa shape index (κ3) is 5.29. The number of ether oxygens (including phenoxy) is 1. The van der Waals surface area contributed by atoms with Crippen molar-refractivity contribution in [1.29, 1.82) is 0 Å². The molecular formula is C23H20N2O3S4. The molecule has 0 aliphatic carbocycles. The van der Waals surface area contributed by atoms with E-state index in [9.17, 15) is 9.59 Å². The molecule has 0 bridgehead atoms. The number of nitrogens with zero attached hydrogens (tertiary/aromatic N) is 1. The highest BCUT2D eigenvalue weighted by Crippen LogP contribution is 2.38. The molecule has 0 atom stereocenters. The third-order valence-electron chi connectivity index (χ3n) is 4.47. The number of nitrogens with one attached hydrogen (secondary N) is 1. The van der Waals surface area contributed by atoms with Crippen LogP contribution in [0.5, 0.6) is 0 Å². The predicted octanol–water partition coefficient (Wildman–Crippen LogP) is 6.82. The topological polar surface area (TPSA) is 68.3 Å². The summed E-state index contributed by atoms with van der Waals surface area (Å²) in [5.74, 6) is -0.412. The molecule has 0 radical (unpaired) electrons. The highest BCUT2D eigenvalue weighted by molar-refractivity contribution is 8.01. The van der Waals surface area contributed by atoms with E-state index in [-0.39, 0.29) is 18.3 Å². The van der Waals surface area contributed by atoms with Crippen LogP contribution >= 0.6 is 45.8 Å². The van der Waals surface area contributed by atoms with Gasteiger partial charge in [0.15, 0.2) is 4.34 Å². The lowest BCUT2D eigenvalue weighted by atomic mass is 10.1. The molecule has 0 spiro atoms. The lowest BCUT2D eigenvalue weighted by Gasteiger charge is -2.07. The van der Waals surface area contributed by atoms with E-state index in [1.54, 1.807) is 18.3 Å². The fourth-order valence-corrected chi connectivity index (χ4v) is 6.36. The first-order valence-electron chi connectivity index (χ1n) is 9.83. The number of hydrogen-bond acceptors (Lipinski definition) is 8. The van der Waals surface area contributed by atoms with Gasteiger partial charge in [0.1, 0.15) is 10.6 Å². The number of aromatic nitrogens is 1. The fraction of sp³-hybridized carbons (Fsp3) is 0.174. The van der Waals surface area contributed by atoms with Crippen LogP contribution in [0, 0.1) is 6.92 Å². The number of carbonyl (C=O) groups excluding carboxylic acids is 2. The molecule has 0 fully saturated rings. The Morgan fingerprint density at radius 3 is 2.62 bits per heavy atom. The zero-order valence-electron chi connectivity index (χ0n) is 17.4. The van der Waals surface area contributed by atoms with Crippen molar-refractivity contribution in [1.82, 2.24) is 4.98 Å². The second-order valence-electron chi connectivity index (χ2n) is 6.75. The highest BCUT2D eigenvalue weighted by Gasteiger charge is 2.23. The van der Waals surface area contributed by atoms with Crippen molar-refractivity contribution in [3.8, 4) is 21.7 Å². The van der Waals surface area contributed by atoms with Gasteiger partial charge in [0.25, 0.3) is 0 Å². The van der Waals surface area contributed by atoms with Crippen molar-refractivity contribution < 1.29 is 14.3 Å². The first-order valence-corrected chi connectivity index (χ1v) is 13.4. The summed E-state index contributed by atoms with van der Waals surface area (Å²) in [6, 6.07) is 12.1. The van der Waals surface area contributed by atoms with E-state index in [1.165, 1.54) is 40.0 Å². The van der Waals surface area contributed by atoms with Crippen molar-refractivity contribution in [3.63, 3.8) is 0 Å². The number of thiophene rings is 2. The molecule has 3 aromatic heterocycles. The van der Waals surface area contributed by atoms with Crippen LogP contribution < -0.4 is 5.32 Å². The van der Waals surface area contributed by atoms with Gasteiger partial charge >= 0.3 is 5.97 Å². The van der Waals surface area contributed by atoms with Crippen LogP contribution in [-0.4, -0.2) is 29.2 Å². The molecule has 0 aliphatic heterocycles. The van der Waals surface area contributed by atoms with Gasteiger partial charge in [0.05, 0.1) is 18.1 Å². The second-order valence-corrected chi connectivity index (χ2v) is 10.7. The monoisotopic (exact) mass is 500 g/mol. The van der Waals surface area contributed by atoms with Crippen LogP contribution in [0.25, 0.3) is 21.7 Å². The van der Waals surface area contributed by atoms with Crippen LogP contribution in [0.3, 0.4) is 0 Å². The molecule has 0 saturated heterocycles. The van der Waals surface area contributed by atoms with E-state index in [0.29, 0.717) is 10.6 Å². The van der Waals surface area contributed by atoms with Crippen molar-refractivity contribution >= 4 is 62.6 Å². The molecule has 3 heterocycles. The van der Waals surface area contributed by atoms with E-state index >= 15 is 0 Å². The number of thioether (sulfide) groups is 1. The van der Waals surface area contributed by atoms with Gasteiger partial charge in [-0.05, 0) is 25.3 Å². The Labute approximate surface area is 202 Å². The third-order valence-corrected chi connectivity index (χ3v) is 8.29. The average molecular weight is 501 g/mol. The van der Waals surface area contributed by atoms with Crippen molar-refractivity contribution in [2.75, 3.05) is 17.7 Å². The highest BCUT2D eigenvalue weighted by atomic mass is 32.2. The minimum absolute atomic E-state index is 0.188. The van der Waals surface area contributed by atoms with Crippen LogP contribution in [0.2, 0.25) is 0 Å². The van der Waals surface area contributed by atoms with Gasteiger partial charge in [0.2, 0.25) is 5.91 Å². The zero-order chi connectivity index (χ0) is 22.5. The smallest absolute Gasteiger partial charge is 0.341 e. The van der Waals surface area contributed by atoms with Crippen molar-refractivity contribution in [2.45, 2.75) is 18.2 Å². The second kappa shape index (κ2) is 10.4. The quantitative estimate of drug-likeness (QED) is 0.212. The number of rotatable bonds is 8. The van der Waals surface area contributed by atoms with Crippen molar-refractivity contribution in [3.05, 3.63) is 63.7 Å². The summed E-state index contributed by atoms with van der Waals surface area (Å²) in [6.45, 7) is 4.09. The predicted molar refractivity (Wildman–Crippen MR) is 135 cm³/mol. The molecule has 1 amide bonds. The Morgan fingerprint density at radius 2 is 1.91 bits per heavy atom. The molecule has 0 unspecified atom stereocenters. The number of hydrogen-bond donors (Lipinski definition) is 1. The van der Waals surface area contributed by atoms with Gasteiger partial charge in [-0.25, -0.2) is 9.78 Å². The maximum absolute atomic E-state index is 12.6. The fourth-order valence-electron chi connectivity index (χ4n) is 2.94. The number of amides is 1. The maximum Gasteiger partial charge on any atom is 0.341 e. The Balaban J connectivity index is 1.43. The van der Waals surface area contributed by atoms with Crippen molar-refractivity contribution in [2.24, 2.45) is 0 Å². The Kier molecular flexibility index (Phi) is 7.41. The average Bonchev–Trinajstić information content (AvgIpc) is 3.53. The number of thiazole rings is 1. The standard InChI is InChI=1S/C23H20N2O3S4/c1-3-28-22(27)20-16(18-5-4-10-29-18)11-30-21(20)25-19(26)13-32-23-24-17(12-31-23)15-8-6-14(2)7-9-15/h4-12H,3,13H2,1-2H3,(H,25,26). The van der Waals surface area contributed by atoms with E-state index in [2.05, 4.69) is 29.4 Å². The van der Waals surface area contributed by atoms with Crippen LogP contribution in [0.1, 0.15) is 22.8 Å². The summed E-state index contributed by atoms with van der Waals surface area (Å²) in [6.07, 6.45) is 0. The SMILES string of the molecule is CCOC(=O)c1c(-c2cccs2)csc1NC(=O)CSc1nc(-c2ccc(C)cc2)cs1. The van der Waals surface area contributed by atoms with E-state index in [4.69, 9.17) is 4.74 Å². The van der Waals surface area contributed by atoms with Gasteiger partial charge in [-0.3, -0.25) is 4.79 Å². The number of anilines is 1. The first-order chi connectivity index (χ1) is 15.5. The first kappa shape index (κ1) is 22.7. The summed E-state index contributed by atoms with van der Waals surface area (Å²) in [5.41, 5.74) is 4.36. The van der Waals surface area contributed by atoms with Crippen LogP contribution in [0.4, 0.5) is 5.00 Å². The van der Waals surface area contributed by atoms with Gasteiger partial charge in [-0.15, -0.1) is 34.0 Å². The summed E-state index contributed by atoms with van der Waals surface area (Å²) in [5, 5.41) is 9.23. The number of aryl methyl sites for hydroxylation is 1. The number of esters is 1. The van der Waals surface area contributed by atoms with E-state index in [0.717, 1.165) is 26.0 Å². The molecule has 4 rings (SSSR count). The molecule has 0 aliphatic rings. The summed E-state index contributed by atoms with van der Waals surface area (Å²) >= 11 is 5.77. The molecule has 1 N–H and O–H groups in total. The van der Waals surface area contributed by atoms with Gasteiger partial charge in [0, 0.05) is 26.8 Å². The van der Waals surface area contributed by atoms with E-state index < -0.39 is 5.97 Å². The largest absolute Gasteiger partial charge is 0.462 e. The maximum atomic E-state index is 12.6. The molecule has 1 aromatic carbocycles. The lowest BCUT2D eigenvalue weighted by Crippen LogP contribution is -2.16. The van der Waals surface area contributed by atoms with Crippen LogP contribution in [-0.2, 0) is 9.53 Å². The zero-order valence-corrected chi connectivity index (χ0v) is 20.7. The molecule has 32 heavy (non-hydrogen) atoms. The van der Waals surface area contributed by atoms with E-state index in [1.807, 2.05) is 40.4 Å².